The van der Waals surface area contributed by atoms with Crippen molar-refractivity contribution in [3.05, 3.63) is 29.6 Å². The number of nitrogens with one attached hydrogen (secondary N) is 1. The number of hydrogen-bond acceptors (Lipinski definition) is 4. The van der Waals surface area contributed by atoms with Crippen LogP contribution in [0.3, 0.4) is 0 Å². The van der Waals surface area contributed by atoms with Crippen molar-refractivity contribution in [1.29, 1.82) is 0 Å². The van der Waals surface area contributed by atoms with Crippen LogP contribution < -0.4 is 5.48 Å². The van der Waals surface area contributed by atoms with Gasteiger partial charge < -0.3 is 4.84 Å². The van der Waals surface area contributed by atoms with Crippen molar-refractivity contribution in [2.45, 2.75) is 11.4 Å². The van der Waals surface area contributed by atoms with E-state index in [4.69, 9.17) is 0 Å². The molecule has 0 fully saturated rings. The molecular formula is C9H12FNO3S. The fourth-order valence-electron chi connectivity index (χ4n) is 1.05. The predicted octanol–water partition coefficient (Wildman–Crippen LogP) is 0.880. The van der Waals surface area contributed by atoms with Gasteiger partial charge >= 0.3 is 0 Å². The van der Waals surface area contributed by atoms with E-state index >= 15 is 0 Å². The topological polar surface area (TPSA) is 55.4 Å². The number of halogens is 1. The summed E-state index contributed by atoms with van der Waals surface area (Å²) in [6, 6.07) is 3.78. The van der Waals surface area contributed by atoms with Crippen LogP contribution in [0, 0.1) is 5.82 Å². The van der Waals surface area contributed by atoms with Crippen LogP contribution in [0.2, 0.25) is 0 Å². The van der Waals surface area contributed by atoms with Gasteiger partial charge in [0.2, 0.25) is 0 Å². The largest absolute Gasteiger partial charge is 0.305 e. The minimum atomic E-state index is -3.35. The van der Waals surface area contributed by atoms with E-state index in [1.165, 1.54) is 19.2 Å². The average molecular weight is 233 g/mol. The maximum absolute atomic E-state index is 13.3. The molecular weight excluding hydrogens is 221 g/mol. The van der Waals surface area contributed by atoms with Crippen molar-refractivity contribution in [2.24, 2.45) is 0 Å². The first-order chi connectivity index (χ1) is 6.95. The summed E-state index contributed by atoms with van der Waals surface area (Å²) in [5, 5.41) is 0. The molecule has 0 aliphatic heterocycles. The molecule has 1 N–H and O–H groups in total. The smallest absolute Gasteiger partial charge is 0.175 e. The van der Waals surface area contributed by atoms with Crippen molar-refractivity contribution in [3.8, 4) is 0 Å². The number of hydroxylamine groups is 1. The molecule has 0 aromatic heterocycles. The highest BCUT2D eigenvalue weighted by Gasteiger charge is 2.10. The Kier molecular flexibility index (Phi) is 3.78. The second kappa shape index (κ2) is 4.69. The van der Waals surface area contributed by atoms with E-state index in [9.17, 15) is 12.8 Å². The second-order valence-corrected chi connectivity index (χ2v) is 5.07. The maximum atomic E-state index is 13.3. The van der Waals surface area contributed by atoms with Gasteiger partial charge in [-0.2, -0.15) is 5.48 Å². The standard InChI is InChI=1S/C9H12FNO3S/c1-14-11-6-7-3-4-8(5-9(7)10)15(2,12)13/h3-5,11H,6H2,1-2H3. The summed E-state index contributed by atoms with van der Waals surface area (Å²) in [6.45, 7) is 0.187. The highest BCUT2D eigenvalue weighted by Crippen LogP contribution is 2.14. The zero-order chi connectivity index (χ0) is 11.5. The number of sulfone groups is 1. The molecule has 0 unspecified atom stereocenters. The van der Waals surface area contributed by atoms with Crippen molar-refractivity contribution in [1.82, 2.24) is 5.48 Å². The first-order valence-corrected chi connectivity index (χ1v) is 6.08. The summed E-state index contributed by atoms with van der Waals surface area (Å²) in [5.41, 5.74) is 2.83. The lowest BCUT2D eigenvalue weighted by molar-refractivity contribution is 0.0859. The van der Waals surface area contributed by atoms with Gasteiger partial charge in [0, 0.05) is 18.4 Å². The van der Waals surface area contributed by atoms with Crippen LogP contribution in [0.1, 0.15) is 5.56 Å². The molecule has 4 nitrogen and oxygen atoms in total. The summed E-state index contributed by atoms with van der Waals surface area (Å²) in [5.74, 6) is -0.567. The van der Waals surface area contributed by atoms with Crippen molar-refractivity contribution < 1.29 is 17.6 Å². The first kappa shape index (κ1) is 12.1. The predicted molar refractivity (Wildman–Crippen MR) is 53.4 cm³/mol. The zero-order valence-electron chi connectivity index (χ0n) is 8.45. The SMILES string of the molecule is CONCc1ccc(S(C)(=O)=O)cc1F. The minimum Gasteiger partial charge on any atom is -0.305 e. The van der Waals surface area contributed by atoms with E-state index in [2.05, 4.69) is 10.3 Å². The molecule has 0 amide bonds. The Labute approximate surface area is 87.9 Å². The van der Waals surface area contributed by atoms with Crippen LogP contribution in [0.5, 0.6) is 0 Å². The van der Waals surface area contributed by atoms with Crippen LogP contribution in [0.25, 0.3) is 0 Å². The van der Waals surface area contributed by atoms with Crippen molar-refractivity contribution >= 4 is 9.84 Å². The van der Waals surface area contributed by atoms with E-state index in [1.807, 2.05) is 0 Å². The van der Waals surface area contributed by atoms with Gasteiger partial charge in [0.25, 0.3) is 0 Å². The highest BCUT2D eigenvalue weighted by molar-refractivity contribution is 7.90. The normalized spacial score (nSPS) is 11.7. The van der Waals surface area contributed by atoms with E-state index < -0.39 is 15.7 Å². The molecule has 0 aliphatic rings. The Hall–Kier alpha value is -0.980. The van der Waals surface area contributed by atoms with Gasteiger partial charge in [-0.1, -0.05) is 6.07 Å². The third kappa shape index (κ3) is 3.26. The maximum Gasteiger partial charge on any atom is 0.175 e. The molecule has 0 heterocycles. The Morgan fingerprint density at radius 2 is 2.13 bits per heavy atom. The number of rotatable bonds is 4. The minimum absolute atomic E-state index is 0.0267. The van der Waals surface area contributed by atoms with Crippen LogP contribution in [0.15, 0.2) is 23.1 Å². The summed E-state index contributed by atoms with van der Waals surface area (Å²) >= 11 is 0. The molecule has 15 heavy (non-hydrogen) atoms. The van der Waals surface area contributed by atoms with Gasteiger partial charge in [-0.15, -0.1) is 0 Å². The number of benzene rings is 1. The lowest BCUT2D eigenvalue weighted by atomic mass is 10.2. The Bertz CT molecular complexity index is 445. The quantitative estimate of drug-likeness (QED) is 0.784. The molecule has 0 radical (unpaired) electrons. The van der Waals surface area contributed by atoms with E-state index in [0.29, 0.717) is 5.56 Å². The first-order valence-electron chi connectivity index (χ1n) is 4.19. The zero-order valence-corrected chi connectivity index (χ0v) is 9.27. The summed E-state index contributed by atoms with van der Waals surface area (Å²) in [6.07, 6.45) is 1.04. The third-order valence-corrected chi connectivity index (χ3v) is 2.97. The molecule has 1 aromatic carbocycles. The summed E-state index contributed by atoms with van der Waals surface area (Å²) in [7, 11) is -1.93. The van der Waals surface area contributed by atoms with Crippen LogP contribution in [-0.2, 0) is 21.2 Å². The van der Waals surface area contributed by atoms with Gasteiger partial charge in [0.1, 0.15) is 5.82 Å². The van der Waals surface area contributed by atoms with Crippen molar-refractivity contribution in [3.63, 3.8) is 0 Å². The number of hydrogen-bond donors (Lipinski definition) is 1. The molecule has 84 valence electrons. The summed E-state index contributed by atoms with van der Waals surface area (Å²) < 4.78 is 35.6. The summed E-state index contributed by atoms with van der Waals surface area (Å²) in [4.78, 5) is 4.54. The molecule has 6 heteroatoms. The van der Waals surface area contributed by atoms with Gasteiger partial charge in [-0.25, -0.2) is 12.8 Å². The molecule has 1 aromatic rings. The lowest BCUT2D eigenvalue weighted by Crippen LogP contribution is -2.12. The Balaban J connectivity index is 2.99. The van der Waals surface area contributed by atoms with Gasteiger partial charge in [0.05, 0.1) is 12.0 Å². The molecule has 0 aliphatic carbocycles. The molecule has 1 rings (SSSR count). The lowest BCUT2D eigenvalue weighted by Gasteiger charge is -2.05. The average Bonchev–Trinajstić information content (AvgIpc) is 2.14. The third-order valence-electron chi connectivity index (χ3n) is 1.86. The van der Waals surface area contributed by atoms with E-state index in [-0.39, 0.29) is 11.4 Å². The molecule has 0 saturated heterocycles. The second-order valence-electron chi connectivity index (χ2n) is 3.05. The fraction of sp³-hybridized carbons (Fsp3) is 0.333. The Morgan fingerprint density at radius 3 is 2.60 bits per heavy atom. The molecule has 0 atom stereocenters. The fourth-order valence-corrected chi connectivity index (χ4v) is 1.68. The van der Waals surface area contributed by atoms with Gasteiger partial charge in [-0.3, -0.25) is 0 Å². The van der Waals surface area contributed by atoms with Crippen LogP contribution >= 0.6 is 0 Å². The van der Waals surface area contributed by atoms with E-state index in [0.717, 1.165) is 12.3 Å². The highest BCUT2D eigenvalue weighted by atomic mass is 32.2. The van der Waals surface area contributed by atoms with Gasteiger partial charge in [0.15, 0.2) is 9.84 Å². The van der Waals surface area contributed by atoms with Crippen LogP contribution in [0.4, 0.5) is 4.39 Å². The molecule has 0 bridgehead atoms. The van der Waals surface area contributed by atoms with Crippen molar-refractivity contribution in [2.75, 3.05) is 13.4 Å². The Morgan fingerprint density at radius 1 is 1.47 bits per heavy atom. The van der Waals surface area contributed by atoms with Crippen LogP contribution in [-0.4, -0.2) is 21.8 Å². The monoisotopic (exact) mass is 233 g/mol. The molecule has 0 spiro atoms. The molecule has 0 saturated carbocycles. The van der Waals surface area contributed by atoms with E-state index in [1.54, 1.807) is 0 Å². The van der Waals surface area contributed by atoms with Gasteiger partial charge in [-0.05, 0) is 12.1 Å².